The van der Waals surface area contributed by atoms with Crippen LogP contribution in [-0.2, 0) is 4.79 Å². The summed E-state index contributed by atoms with van der Waals surface area (Å²) in [6.45, 7) is 0.145. The summed E-state index contributed by atoms with van der Waals surface area (Å²) in [5.41, 5.74) is 0.422. The van der Waals surface area contributed by atoms with E-state index < -0.39 is 5.97 Å². The maximum Gasteiger partial charge on any atom is 0.231 e. The van der Waals surface area contributed by atoms with Crippen LogP contribution in [0.15, 0.2) is 18.2 Å². The molecule has 1 aromatic carbocycles. The summed E-state index contributed by atoms with van der Waals surface area (Å²) in [6, 6.07) is 4.78. The monoisotopic (exact) mass is 221 g/mol. The van der Waals surface area contributed by atoms with Crippen LogP contribution in [0.5, 0.6) is 11.5 Å². The first-order chi connectivity index (χ1) is 7.66. The van der Waals surface area contributed by atoms with Crippen molar-refractivity contribution in [2.45, 2.75) is 12.8 Å². The van der Waals surface area contributed by atoms with Crippen LogP contribution in [0.25, 0.3) is 0 Å². The lowest BCUT2D eigenvalue weighted by atomic mass is 10.1. The van der Waals surface area contributed by atoms with Gasteiger partial charge in [0.2, 0.25) is 6.79 Å². The van der Waals surface area contributed by atoms with Crippen molar-refractivity contribution in [1.29, 1.82) is 0 Å². The Morgan fingerprint density at radius 3 is 2.69 bits per heavy atom. The number of benzene rings is 1. The summed E-state index contributed by atoms with van der Waals surface area (Å²) in [7, 11) is 0. The number of carboxylic acid groups (broad SMARTS) is 1. The number of carbonyl (C=O) groups is 2. The van der Waals surface area contributed by atoms with Crippen molar-refractivity contribution >= 4 is 11.8 Å². The van der Waals surface area contributed by atoms with Crippen LogP contribution in [0.2, 0.25) is 0 Å². The van der Waals surface area contributed by atoms with Gasteiger partial charge in [0.15, 0.2) is 17.3 Å². The van der Waals surface area contributed by atoms with Gasteiger partial charge in [-0.3, -0.25) is 4.79 Å². The van der Waals surface area contributed by atoms with E-state index in [9.17, 15) is 14.7 Å². The van der Waals surface area contributed by atoms with Gasteiger partial charge in [-0.2, -0.15) is 0 Å². The van der Waals surface area contributed by atoms with Gasteiger partial charge in [0.25, 0.3) is 0 Å². The number of hydrogen-bond donors (Lipinski definition) is 0. The maximum atomic E-state index is 11.6. The molecule has 0 fully saturated rings. The lowest BCUT2D eigenvalue weighted by Crippen LogP contribution is -2.22. The van der Waals surface area contributed by atoms with Crippen molar-refractivity contribution in [2.75, 3.05) is 6.79 Å². The van der Waals surface area contributed by atoms with E-state index in [2.05, 4.69) is 0 Å². The quantitative estimate of drug-likeness (QED) is 0.675. The van der Waals surface area contributed by atoms with Crippen molar-refractivity contribution in [3.8, 4) is 11.5 Å². The zero-order valence-corrected chi connectivity index (χ0v) is 8.39. The number of carboxylic acids is 1. The van der Waals surface area contributed by atoms with Crippen molar-refractivity contribution in [3.05, 3.63) is 23.8 Å². The van der Waals surface area contributed by atoms with Crippen LogP contribution in [0.3, 0.4) is 0 Å². The van der Waals surface area contributed by atoms with Crippen LogP contribution >= 0.6 is 0 Å². The molecular formula is C11H9O5-. The van der Waals surface area contributed by atoms with E-state index in [1.54, 1.807) is 18.2 Å². The lowest BCUT2D eigenvalue weighted by Gasteiger charge is -2.03. The van der Waals surface area contributed by atoms with Crippen LogP contribution in [0.1, 0.15) is 23.2 Å². The second-order valence-electron chi connectivity index (χ2n) is 3.36. The molecule has 1 aromatic rings. The van der Waals surface area contributed by atoms with Crippen molar-refractivity contribution in [1.82, 2.24) is 0 Å². The fraction of sp³-hybridized carbons (Fsp3) is 0.273. The Labute approximate surface area is 91.6 Å². The Morgan fingerprint density at radius 1 is 1.19 bits per heavy atom. The maximum absolute atomic E-state index is 11.6. The van der Waals surface area contributed by atoms with E-state index in [1.165, 1.54) is 0 Å². The molecule has 0 N–H and O–H groups in total. The number of Topliss-reactive ketones (excluding diaryl/α,β-unsaturated/α-hetero) is 1. The highest BCUT2D eigenvalue weighted by Crippen LogP contribution is 2.32. The third-order valence-electron chi connectivity index (χ3n) is 2.25. The molecule has 0 saturated heterocycles. The van der Waals surface area contributed by atoms with E-state index in [4.69, 9.17) is 9.47 Å². The summed E-state index contributed by atoms with van der Waals surface area (Å²) in [5.74, 6) is -0.368. The minimum atomic E-state index is -1.23. The van der Waals surface area contributed by atoms with Crippen LogP contribution in [0.4, 0.5) is 0 Å². The highest BCUT2D eigenvalue weighted by molar-refractivity contribution is 5.97. The Morgan fingerprint density at radius 2 is 1.94 bits per heavy atom. The molecule has 16 heavy (non-hydrogen) atoms. The molecule has 0 spiro atoms. The zero-order valence-electron chi connectivity index (χ0n) is 8.39. The molecule has 0 atom stereocenters. The van der Waals surface area contributed by atoms with Gasteiger partial charge < -0.3 is 19.4 Å². The Balaban J connectivity index is 2.09. The molecule has 0 bridgehead atoms. The van der Waals surface area contributed by atoms with Gasteiger partial charge in [-0.25, -0.2) is 0 Å². The second-order valence-corrected chi connectivity index (χ2v) is 3.36. The summed E-state index contributed by atoms with van der Waals surface area (Å²) in [4.78, 5) is 21.8. The van der Waals surface area contributed by atoms with Crippen LogP contribution in [0, 0.1) is 0 Å². The van der Waals surface area contributed by atoms with Gasteiger partial charge in [-0.15, -0.1) is 0 Å². The van der Waals surface area contributed by atoms with E-state index in [-0.39, 0.29) is 25.4 Å². The van der Waals surface area contributed by atoms with Gasteiger partial charge >= 0.3 is 0 Å². The van der Waals surface area contributed by atoms with Crippen molar-refractivity contribution in [2.24, 2.45) is 0 Å². The van der Waals surface area contributed by atoms with Crippen molar-refractivity contribution < 1.29 is 24.2 Å². The van der Waals surface area contributed by atoms with Gasteiger partial charge in [0.1, 0.15) is 0 Å². The van der Waals surface area contributed by atoms with E-state index in [0.717, 1.165) is 0 Å². The summed E-state index contributed by atoms with van der Waals surface area (Å²) in [5, 5.41) is 10.2. The van der Waals surface area contributed by atoms with E-state index in [0.29, 0.717) is 17.1 Å². The van der Waals surface area contributed by atoms with E-state index >= 15 is 0 Å². The van der Waals surface area contributed by atoms with Crippen LogP contribution in [-0.4, -0.2) is 18.5 Å². The number of hydrogen-bond acceptors (Lipinski definition) is 5. The number of rotatable bonds is 4. The summed E-state index contributed by atoms with van der Waals surface area (Å²) in [6.07, 6.45) is -0.338. The highest BCUT2D eigenvalue weighted by Gasteiger charge is 2.15. The molecule has 0 radical (unpaired) electrons. The predicted octanol–water partition coefficient (Wildman–Crippen LogP) is 0.128. The number of ketones is 1. The summed E-state index contributed by atoms with van der Waals surface area (Å²) < 4.78 is 10.2. The van der Waals surface area contributed by atoms with E-state index in [1.807, 2.05) is 0 Å². The molecule has 1 aliphatic heterocycles. The van der Waals surface area contributed by atoms with Crippen LogP contribution < -0.4 is 14.6 Å². The first kappa shape index (κ1) is 10.5. The third-order valence-corrected chi connectivity index (χ3v) is 2.25. The standard InChI is InChI=1S/C11H10O5/c12-8(2-4-11(13)14)7-1-3-9-10(5-7)16-6-15-9/h1,3,5H,2,4,6H2,(H,13,14)/p-1. The molecule has 1 heterocycles. The van der Waals surface area contributed by atoms with Gasteiger partial charge in [-0.1, -0.05) is 0 Å². The Bertz CT molecular complexity index is 438. The SMILES string of the molecule is O=C([O-])CCC(=O)c1ccc2c(c1)OCO2. The van der Waals surface area contributed by atoms with Gasteiger partial charge in [0, 0.05) is 18.0 Å². The van der Waals surface area contributed by atoms with Crippen molar-refractivity contribution in [3.63, 3.8) is 0 Å². The lowest BCUT2D eigenvalue weighted by molar-refractivity contribution is -0.305. The molecule has 1 aliphatic rings. The second kappa shape index (κ2) is 4.22. The summed E-state index contributed by atoms with van der Waals surface area (Å²) >= 11 is 0. The topological polar surface area (TPSA) is 75.7 Å². The smallest absolute Gasteiger partial charge is 0.231 e. The first-order valence-corrected chi connectivity index (χ1v) is 4.79. The molecule has 5 nitrogen and oxygen atoms in total. The molecule has 2 rings (SSSR count). The first-order valence-electron chi connectivity index (χ1n) is 4.79. The average molecular weight is 221 g/mol. The fourth-order valence-electron chi connectivity index (χ4n) is 1.43. The molecule has 0 amide bonds. The number of carbonyl (C=O) groups excluding carboxylic acids is 2. The number of aliphatic carboxylic acids is 1. The van der Waals surface area contributed by atoms with Gasteiger partial charge in [-0.05, 0) is 24.6 Å². The predicted molar refractivity (Wildman–Crippen MR) is 51.1 cm³/mol. The molecule has 0 unspecified atom stereocenters. The Hall–Kier alpha value is -2.04. The molecule has 0 aromatic heterocycles. The Kier molecular flexibility index (Phi) is 2.76. The third kappa shape index (κ3) is 2.13. The molecule has 0 aliphatic carbocycles. The zero-order chi connectivity index (χ0) is 11.5. The normalized spacial score (nSPS) is 12.5. The average Bonchev–Trinajstić information content (AvgIpc) is 2.72. The number of fused-ring (bicyclic) bond motifs is 1. The largest absolute Gasteiger partial charge is 0.550 e. The van der Waals surface area contributed by atoms with Gasteiger partial charge in [0.05, 0.1) is 0 Å². The minimum absolute atomic E-state index is 0.0675. The molecular weight excluding hydrogens is 212 g/mol. The minimum Gasteiger partial charge on any atom is -0.550 e. The highest BCUT2D eigenvalue weighted by atomic mass is 16.7. The number of ether oxygens (including phenoxy) is 2. The molecule has 0 saturated carbocycles. The molecule has 84 valence electrons. The molecule has 5 heteroatoms. The fourth-order valence-corrected chi connectivity index (χ4v) is 1.43.